The molecule has 4 rings (SSSR count). The van der Waals surface area contributed by atoms with Crippen LogP contribution in [0.15, 0.2) is 84.9 Å². The average molecular weight is 515 g/mol. The Balaban J connectivity index is 1.30. The molecule has 1 aliphatic carbocycles. The van der Waals surface area contributed by atoms with Crippen molar-refractivity contribution in [2.24, 2.45) is 11.8 Å². The lowest BCUT2D eigenvalue weighted by atomic mass is 9.67. The van der Waals surface area contributed by atoms with Crippen molar-refractivity contribution in [3.05, 3.63) is 107 Å². The van der Waals surface area contributed by atoms with Gasteiger partial charge in [-0.25, -0.2) is 0 Å². The van der Waals surface area contributed by atoms with E-state index in [1.165, 1.54) is 5.56 Å². The number of aliphatic hydroxyl groups is 2. The van der Waals surface area contributed by atoms with Gasteiger partial charge in [0.1, 0.15) is 5.60 Å². The van der Waals surface area contributed by atoms with Crippen molar-refractivity contribution in [3.8, 4) is 0 Å². The Labute approximate surface area is 229 Å². The van der Waals surface area contributed by atoms with Crippen LogP contribution in [-0.2, 0) is 15.8 Å². The van der Waals surface area contributed by atoms with E-state index in [1.54, 1.807) is 7.11 Å². The lowest BCUT2D eigenvalue weighted by Crippen LogP contribution is -2.38. The molecule has 0 radical (unpaired) electrons. The average Bonchev–Trinajstić information content (AvgIpc) is 2.97. The number of ether oxygens (including phenoxy) is 1. The van der Waals surface area contributed by atoms with Gasteiger partial charge in [0.05, 0.1) is 12.2 Å². The van der Waals surface area contributed by atoms with Crippen molar-refractivity contribution in [1.29, 1.82) is 0 Å². The minimum atomic E-state index is -0.953. The van der Waals surface area contributed by atoms with Crippen LogP contribution in [0.3, 0.4) is 0 Å². The molecular formula is C35H46O3. The highest BCUT2D eigenvalue weighted by molar-refractivity contribution is 5.37. The first-order valence-electron chi connectivity index (χ1n) is 14.4. The van der Waals surface area contributed by atoms with Gasteiger partial charge in [-0.3, -0.25) is 0 Å². The molecule has 0 spiro atoms. The Hall–Kier alpha value is -2.46. The predicted molar refractivity (Wildman–Crippen MR) is 156 cm³/mol. The van der Waals surface area contributed by atoms with Gasteiger partial charge >= 0.3 is 0 Å². The van der Waals surface area contributed by atoms with E-state index in [0.717, 1.165) is 61.6 Å². The van der Waals surface area contributed by atoms with E-state index >= 15 is 0 Å². The van der Waals surface area contributed by atoms with Crippen molar-refractivity contribution >= 4 is 0 Å². The van der Waals surface area contributed by atoms with E-state index in [9.17, 15) is 10.2 Å². The molecule has 0 aliphatic heterocycles. The van der Waals surface area contributed by atoms with Gasteiger partial charge in [-0.2, -0.15) is 0 Å². The van der Waals surface area contributed by atoms with Gasteiger partial charge in [-0.05, 0) is 60.3 Å². The van der Waals surface area contributed by atoms with Crippen molar-refractivity contribution in [2.45, 2.75) is 88.9 Å². The summed E-state index contributed by atoms with van der Waals surface area (Å²) < 4.78 is 5.56. The van der Waals surface area contributed by atoms with Crippen LogP contribution in [0.1, 0.15) is 94.1 Å². The first-order valence-corrected chi connectivity index (χ1v) is 14.4. The molecule has 0 amide bonds. The minimum Gasteiger partial charge on any atom is -0.388 e. The highest BCUT2D eigenvalue weighted by Gasteiger charge is 2.41. The summed E-state index contributed by atoms with van der Waals surface area (Å²) in [5.41, 5.74) is 3.17. The van der Waals surface area contributed by atoms with Crippen LogP contribution in [0.5, 0.6) is 0 Å². The molecule has 3 nitrogen and oxygen atoms in total. The van der Waals surface area contributed by atoms with Gasteiger partial charge in [0, 0.05) is 12.5 Å². The van der Waals surface area contributed by atoms with Crippen molar-refractivity contribution in [2.75, 3.05) is 7.11 Å². The summed E-state index contributed by atoms with van der Waals surface area (Å²) in [7, 11) is 1.75. The highest BCUT2D eigenvalue weighted by atomic mass is 16.5. The van der Waals surface area contributed by atoms with E-state index in [4.69, 9.17) is 4.74 Å². The van der Waals surface area contributed by atoms with Gasteiger partial charge in [0.15, 0.2) is 0 Å². The number of benzene rings is 3. The van der Waals surface area contributed by atoms with Crippen molar-refractivity contribution in [3.63, 3.8) is 0 Å². The van der Waals surface area contributed by atoms with Crippen LogP contribution in [-0.4, -0.2) is 23.4 Å². The van der Waals surface area contributed by atoms with Gasteiger partial charge in [0.2, 0.25) is 0 Å². The van der Waals surface area contributed by atoms with Crippen LogP contribution in [0.4, 0.5) is 0 Å². The molecule has 204 valence electrons. The van der Waals surface area contributed by atoms with Crippen LogP contribution in [0.2, 0.25) is 0 Å². The Bertz CT molecular complexity index is 1060. The van der Waals surface area contributed by atoms with E-state index < -0.39 is 11.7 Å². The molecule has 2 unspecified atom stereocenters. The standard InChI is InChI=1S/C35H46O3/c1-26(38-4)34(2,3)29-24-20-28(21-25-29)33(36)17-11-12-27-18-22-32(23-19-27)35(37,30-13-7-5-8-14-30)31-15-9-6-10-16-31/h5-10,13-16,20-21,24-27,32-33,36-37H,11-12,17-19,22-23H2,1-4H3. The fourth-order valence-electron chi connectivity index (χ4n) is 6.32. The Morgan fingerprint density at radius 3 is 1.82 bits per heavy atom. The second-order valence-electron chi connectivity index (χ2n) is 11.9. The highest BCUT2D eigenvalue weighted by Crippen LogP contribution is 2.46. The third-order valence-electron chi connectivity index (χ3n) is 9.36. The summed E-state index contributed by atoms with van der Waals surface area (Å²) in [4.78, 5) is 0. The molecule has 3 heteroatoms. The summed E-state index contributed by atoms with van der Waals surface area (Å²) in [6, 6.07) is 28.8. The lowest BCUT2D eigenvalue weighted by Gasteiger charge is -2.41. The van der Waals surface area contributed by atoms with Crippen molar-refractivity contribution in [1.82, 2.24) is 0 Å². The molecular weight excluding hydrogens is 468 g/mol. The second-order valence-corrected chi connectivity index (χ2v) is 11.9. The van der Waals surface area contributed by atoms with Gasteiger partial charge in [0.25, 0.3) is 0 Å². The summed E-state index contributed by atoms with van der Waals surface area (Å²) in [5.74, 6) is 0.866. The molecule has 0 bridgehead atoms. The molecule has 0 aromatic heterocycles. The maximum Gasteiger partial charge on any atom is 0.117 e. The topological polar surface area (TPSA) is 49.7 Å². The van der Waals surface area contributed by atoms with Crippen LogP contribution in [0, 0.1) is 11.8 Å². The monoisotopic (exact) mass is 514 g/mol. The zero-order chi connectivity index (χ0) is 27.2. The molecule has 1 fully saturated rings. The molecule has 2 N–H and O–H groups in total. The quantitative estimate of drug-likeness (QED) is 0.273. The maximum atomic E-state index is 12.1. The minimum absolute atomic E-state index is 0.0791. The largest absolute Gasteiger partial charge is 0.388 e. The second kappa shape index (κ2) is 12.6. The fraction of sp³-hybridized carbons (Fsp3) is 0.486. The summed E-state index contributed by atoms with van der Waals surface area (Å²) in [6.07, 6.45) is 6.93. The maximum absolute atomic E-state index is 12.1. The third-order valence-corrected chi connectivity index (χ3v) is 9.36. The van der Waals surface area contributed by atoms with Crippen LogP contribution < -0.4 is 0 Å². The Morgan fingerprint density at radius 2 is 1.32 bits per heavy atom. The normalized spacial score (nSPS) is 20.2. The van der Waals surface area contributed by atoms with E-state index in [-0.39, 0.29) is 17.4 Å². The smallest absolute Gasteiger partial charge is 0.117 e. The molecule has 3 aromatic rings. The number of aliphatic hydroxyl groups excluding tert-OH is 1. The molecule has 1 saturated carbocycles. The van der Waals surface area contributed by atoms with Gasteiger partial charge in [-0.1, -0.05) is 124 Å². The summed E-state index contributed by atoms with van der Waals surface area (Å²) in [5, 5.41) is 23.0. The molecule has 0 heterocycles. The van der Waals surface area contributed by atoms with Crippen LogP contribution >= 0.6 is 0 Å². The summed E-state index contributed by atoms with van der Waals surface area (Å²) in [6.45, 7) is 6.49. The van der Waals surface area contributed by atoms with E-state index in [0.29, 0.717) is 5.92 Å². The predicted octanol–water partition coefficient (Wildman–Crippen LogP) is 7.95. The zero-order valence-electron chi connectivity index (χ0n) is 23.6. The van der Waals surface area contributed by atoms with Gasteiger partial charge in [-0.15, -0.1) is 0 Å². The first kappa shape index (κ1) is 28.5. The number of hydrogen-bond acceptors (Lipinski definition) is 3. The molecule has 1 aliphatic rings. The molecule has 38 heavy (non-hydrogen) atoms. The number of rotatable bonds is 11. The number of methoxy groups -OCH3 is 1. The molecule has 3 aromatic carbocycles. The van der Waals surface area contributed by atoms with E-state index in [2.05, 4.69) is 69.3 Å². The Morgan fingerprint density at radius 1 is 0.789 bits per heavy atom. The SMILES string of the molecule is COC(C)C(C)(C)c1ccc(C(O)CCCC2CCC(C(O)(c3ccccc3)c3ccccc3)CC2)cc1. The number of hydrogen-bond donors (Lipinski definition) is 2. The third kappa shape index (κ3) is 6.22. The van der Waals surface area contributed by atoms with E-state index in [1.807, 2.05) is 36.4 Å². The summed E-state index contributed by atoms with van der Waals surface area (Å²) >= 11 is 0. The Kier molecular flexibility index (Phi) is 9.46. The van der Waals surface area contributed by atoms with Crippen molar-refractivity contribution < 1.29 is 14.9 Å². The van der Waals surface area contributed by atoms with Crippen LogP contribution in [0.25, 0.3) is 0 Å². The zero-order valence-corrected chi connectivity index (χ0v) is 23.6. The fourth-order valence-corrected chi connectivity index (χ4v) is 6.32. The molecule has 2 atom stereocenters. The first-order chi connectivity index (χ1) is 18.3. The lowest BCUT2D eigenvalue weighted by molar-refractivity contribution is -0.00829. The molecule has 0 saturated heterocycles. The van der Waals surface area contributed by atoms with Gasteiger partial charge < -0.3 is 14.9 Å².